The number of aromatic nitrogens is 2. The lowest BCUT2D eigenvalue weighted by molar-refractivity contribution is 1.06. The molecule has 0 unspecified atom stereocenters. The van der Waals surface area contributed by atoms with Gasteiger partial charge in [-0.15, -0.1) is 0 Å². The first-order chi connectivity index (χ1) is 8.81. The van der Waals surface area contributed by atoms with Crippen LogP contribution < -0.4 is 16.6 Å². The van der Waals surface area contributed by atoms with Crippen LogP contribution in [0.15, 0.2) is 36.4 Å². The molecule has 0 aliphatic rings. The molecule has 0 bridgehead atoms. The Kier molecular flexibility index (Phi) is 3.69. The van der Waals surface area contributed by atoms with Gasteiger partial charge >= 0.3 is 0 Å². The van der Waals surface area contributed by atoms with Gasteiger partial charge in [0.15, 0.2) is 0 Å². The molecule has 0 saturated heterocycles. The molecule has 0 atom stereocenters. The van der Waals surface area contributed by atoms with Gasteiger partial charge in [0.1, 0.15) is 17.6 Å². The first kappa shape index (κ1) is 11.8. The van der Waals surface area contributed by atoms with Crippen molar-refractivity contribution in [3.8, 4) is 6.07 Å². The Hall–Kier alpha value is -2.65. The minimum Gasteiger partial charge on any atom is -0.366 e. The molecule has 1 aromatic heterocycles. The summed E-state index contributed by atoms with van der Waals surface area (Å²) >= 11 is 0. The number of anilines is 2. The number of hydrogen-bond donors (Lipinski definition) is 3. The number of rotatable bonds is 4. The van der Waals surface area contributed by atoms with Crippen LogP contribution in [0.4, 0.5) is 11.8 Å². The van der Waals surface area contributed by atoms with Crippen molar-refractivity contribution >= 4 is 11.8 Å². The first-order valence-corrected chi connectivity index (χ1v) is 5.35. The predicted molar refractivity (Wildman–Crippen MR) is 68.3 cm³/mol. The summed E-state index contributed by atoms with van der Waals surface area (Å²) in [4.78, 5) is 7.98. The van der Waals surface area contributed by atoms with E-state index in [2.05, 4.69) is 20.7 Å². The zero-order valence-corrected chi connectivity index (χ0v) is 9.59. The maximum atomic E-state index is 8.83. The molecule has 18 heavy (non-hydrogen) atoms. The average molecular weight is 240 g/mol. The Balaban J connectivity index is 2.12. The molecule has 2 rings (SSSR count). The van der Waals surface area contributed by atoms with Gasteiger partial charge in [-0.3, -0.25) is 5.43 Å². The van der Waals surface area contributed by atoms with Crippen molar-refractivity contribution in [1.82, 2.24) is 9.97 Å². The number of nitriles is 1. The average Bonchev–Trinajstić information content (AvgIpc) is 2.45. The summed E-state index contributed by atoms with van der Waals surface area (Å²) in [5.74, 6) is 6.00. The Morgan fingerprint density at radius 2 is 2.00 bits per heavy atom. The standard InChI is InChI=1S/C12H12N6/c13-7-10-6-11(17-12(16-10)18-14)15-8-9-4-2-1-3-5-9/h1-6H,8,14H2,(H2,15,16,17,18). The number of hydrogen-bond acceptors (Lipinski definition) is 6. The van der Waals surface area contributed by atoms with Crippen LogP contribution in [0.1, 0.15) is 11.3 Å². The predicted octanol–water partition coefficient (Wildman–Crippen LogP) is 1.25. The van der Waals surface area contributed by atoms with E-state index in [4.69, 9.17) is 11.1 Å². The SMILES string of the molecule is N#Cc1cc(NCc2ccccc2)nc(NN)n1. The van der Waals surface area contributed by atoms with Crippen molar-refractivity contribution in [2.24, 2.45) is 5.84 Å². The van der Waals surface area contributed by atoms with E-state index in [9.17, 15) is 0 Å². The van der Waals surface area contributed by atoms with Crippen LogP contribution in [-0.4, -0.2) is 9.97 Å². The van der Waals surface area contributed by atoms with Gasteiger partial charge in [0, 0.05) is 12.6 Å². The first-order valence-electron chi connectivity index (χ1n) is 5.35. The number of nitrogen functional groups attached to an aromatic ring is 1. The molecule has 0 fully saturated rings. The Morgan fingerprint density at radius 3 is 2.67 bits per heavy atom. The number of nitrogens with two attached hydrogens (primary N) is 1. The van der Waals surface area contributed by atoms with Crippen molar-refractivity contribution in [2.75, 3.05) is 10.7 Å². The zero-order chi connectivity index (χ0) is 12.8. The molecule has 1 aromatic carbocycles. The highest BCUT2D eigenvalue weighted by Crippen LogP contribution is 2.10. The summed E-state index contributed by atoms with van der Waals surface area (Å²) in [6.45, 7) is 0.618. The summed E-state index contributed by atoms with van der Waals surface area (Å²) in [6.07, 6.45) is 0. The Morgan fingerprint density at radius 1 is 1.22 bits per heavy atom. The van der Waals surface area contributed by atoms with Gasteiger partial charge in [-0.25, -0.2) is 10.8 Å². The van der Waals surface area contributed by atoms with Crippen LogP contribution in [0.5, 0.6) is 0 Å². The maximum absolute atomic E-state index is 8.83. The molecule has 0 spiro atoms. The summed E-state index contributed by atoms with van der Waals surface area (Å²) in [5, 5.41) is 11.9. The maximum Gasteiger partial charge on any atom is 0.240 e. The molecule has 1 heterocycles. The van der Waals surface area contributed by atoms with Crippen molar-refractivity contribution < 1.29 is 0 Å². The summed E-state index contributed by atoms with van der Waals surface area (Å²) in [6, 6.07) is 13.4. The molecule has 2 aromatic rings. The lowest BCUT2D eigenvalue weighted by Crippen LogP contribution is -2.12. The van der Waals surface area contributed by atoms with E-state index in [1.165, 1.54) is 0 Å². The van der Waals surface area contributed by atoms with Gasteiger partial charge < -0.3 is 5.32 Å². The van der Waals surface area contributed by atoms with E-state index in [1.54, 1.807) is 6.07 Å². The molecule has 90 valence electrons. The van der Waals surface area contributed by atoms with Gasteiger partial charge in [0.05, 0.1) is 0 Å². The fraction of sp³-hybridized carbons (Fsp3) is 0.0833. The second-order valence-corrected chi connectivity index (χ2v) is 3.56. The van der Waals surface area contributed by atoms with Crippen LogP contribution in [0, 0.1) is 11.3 Å². The highest BCUT2D eigenvalue weighted by molar-refractivity contribution is 5.45. The van der Waals surface area contributed by atoms with Gasteiger partial charge in [-0.1, -0.05) is 30.3 Å². The molecule has 0 aliphatic heterocycles. The quantitative estimate of drug-likeness (QED) is 0.549. The zero-order valence-electron chi connectivity index (χ0n) is 9.59. The highest BCUT2D eigenvalue weighted by atomic mass is 15.3. The van der Waals surface area contributed by atoms with Crippen LogP contribution >= 0.6 is 0 Å². The van der Waals surface area contributed by atoms with E-state index in [-0.39, 0.29) is 11.6 Å². The fourth-order valence-corrected chi connectivity index (χ4v) is 1.45. The molecule has 6 heteroatoms. The number of benzene rings is 1. The van der Waals surface area contributed by atoms with Crippen LogP contribution in [0.2, 0.25) is 0 Å². The molecule has 0 aliphatic carbocycles. The minimum atomic E-state index is 0.213. The van der Waals surface area contributed by atoms with E-state index in [1.807, 2.05) is 36.4 Å². The molecule has 6 nitrogen and oxygen atoms in total. The number of nitrogens with one attached hydrogen (secondary N) is 2. The van der Waals surface area contributed by atoms with Crippen molar-refractivity contribution in [3.05, 3.63) is 47.7 Å². The smallest absolute Gasteiger partial charge is 0.240 e. The molecular formula is C12H12N6. The third-order valence-corrected chi connectivity index (χ3v) is 2.29. The van der Waals surface area contributed by atoms with Crippen molar-refractivity contribution in [3.63, 3.8) is 0 Å². The van der Waals surface area contributed by atoms with Gasteiger partial charge in [0.2, 0.25) is 5.95 Å². The normalized spacial score (nSPS) is 9.56. The Bertz CT molecular complexity index is 561. The third-order valence-electron chi connectivity index (χ3n) is 2.29. The van der Waals surface area contributed by atoms with Crippen LogP contribution in [0.3, 0.4) is 0 Å². The topological polar surface area (TPSA) is 99.7 Å². The minimum absolute atomic E-state index is 0.213. The Labute approximate surface area is 104 Å². The third kappa shape index (κ3) is 2.93. The molecule has 4 N–H and O–H groups in total. The van der Waals surface area contributed by atoms with Crippen LogP contribution in [-0.2, 0) is 6.54 Å². The van der Waals surface area contributed by atoms with Crippen LogP contribution in [0.25, 0.3) is 0 Å². The lowest BCUT2D eigenvalue weighted by atomic mass is 10.2. The second kappa shape index (κ2) is 5.61. The summed E-state index contributed by atoms with van der Waals surface area (Å²) < 4.78 is 0. The molecule has 0 saturated carbocycles. The molecular weight excluding hydrogens is 228 g/mol. The molecule has 0 radical (unpaired) electrons. The largest absolute Gasteiger partial charge is 0.366 e. The van der Waals surface area contributed by atoms with Gasteiger partial charge in [-0.2, -0.15) is 10.2 Å². The van der Waals surface area contributed by atoms with E-state index < -0.39 is 0 Å². The van der Waals surface area contributed by atoms with Gasteiger partial charge in [0.25, 0.3) is 0 Å². The van der Waals surface area contributed by atoms with E-state index in [0.29, 0.717) is 12.4 Å². The van der Waals surface area contributed by atoms with E-state index in [0.717, 1.165) is 5.56 Å². The van der Waals surface area contributed by atoms with E-state index >= 15 is 0 Å². The lowest BCUT2D eigenvalue weighted by Gasteiger charge is -2.07. The monoisotopic (exact) mass is 240 g/mol. The molecule has 0 amide bonds. The van der Waals surface area contributed by atoms with Crippen molar-refractivity contribution in [1.29, 1.82) is 5.26 Å². The number of hydrazine groups is 1. The highest BCUT2D eigenvalue weighted by Gasteiger charge is 2.02. The fourth-order valence-electron chi connectivity index (χ4n) is 1.45. The summed E-state index contributed by atoms with van der Waals surface area (Å²) in [5.41, 5.74) is 3.71. The number of nitrogens with zero attached hydrogens (tertiary/aromatic N) is 3. The van der Waals surface area contributed by atoms with Crippen molar-refractivity contribution in [2.45, 2.75) is 6.54 Å². The van der Waals surface area contributed by atoms with Gasteiger partial charge in [-0.05, 0) is 5.56 Å². The summed E-state index contributed by atoms with van der Waals surface area (Å²) in [7, 11) is 0. The second-order valence-electron chi connectivity index (χ2n) is 3.56.